The molecule has 1 aromatic carbocycles. The SMILES string of the molecule is CCCc1ccc(-c2cc(CNc3ncnc4sc(CC)cc34)on2)cc1. The average Bonchev–Trinajstić information content (AvgIpc) is 3.34. The third-order valence-corrected chi connectivity index (χ3v) is 5.69. The molecule has 0 saturated heterocycles. The van der Waals surface area contributed by atoms with Gasteiger partial charge >= 0.3 is 0 Å². The second-order valence-corrected chi connectivity index (χ2v) is 7.60. The third-order valence-electron chi connectivity index (χ3n) is 4.51. The zero-order valence-corrected chi connectivity index (χ0v) is 16.3. The summed E-state index contributed by atoms with van der Waals surface area (Å²) < 4.78 is 5.50. The van der Waals surface area contributed by atoms with Crippen molar-refractivity contribution in [1.82, 2.24) is 15.1 Å². The molecule has 3 heterocycles. The second-order valence-electron chi connectivity index (χ2n) is 6.49. The first-order chi connectivity index (χ1) is 13.3. The van der Waals surface area contributed by atoms with Crippen LogP contribution in [-0.2, 0) is 19.4 Å². The summed E-state index contributed by atoms with van der Waals surface area (Å²) in [5, 5.41) is 8.62. The van der Waals surface area contributed by atoms with Gasteiger partial charge in [0.2, 0.25) is 0 Å². The van der Waals surface area contributed by atoms with Crippen molar-refractivity contribution < 1.29 is 4.52 Å². The highest BCUT2D eigenvalue weighted by Gasteiger charge is 2.10. The number of nitrogens with one attached hydrogen (secondary N) is 1. The Balaban J connectivity index is 1.48. The first-order valence-corrected chi connectivity index (χ1v) is 10.1. The van der Waals surface area contributed by atoms with Crippen LogP contribution in [0.3, 0.4) is 0 Å². The second kappa shape index (κ2) is 7.88. The van der Waals surface area contributed by atoms with Crippen LogP contribution < -0.4 is 5.32 Å². The fraction of sp³-hybridized carbons (Fsp3) is 0.286. The Morgan fingerprint density at radius 1 is 1.07 bits per heavy atom. The van der Waals surface area contributed by atoms with Crippen molar-refractivity contribution >= 4 is 27.4 Å². The Bertz CT molecular complexity index is 1040. The van der Waals surface area contributed by atoms with Crippen LogP contribution in [0.4, 0.5) is 5.82 Å². The summed E-state index contributed by atoms with van der Waals surface area (Å²) in [5.74, 6) is 1.61. The van der Waals surface area contributed by atoms with Crippen molar-refractivity contribution in [2.24, 2.45) is 0 Å². The Morgan fingerprint density at radius 2 is 1.93 bits per heavy atom. The molecule has 4 aromatic rings. The van der Waals surface area contributed by atoms with Crippen molar-refractivity contribution in [1.29, 1.82) is 0 Å². The van der Waals surface area contributed by atoms with Crippen molar-refractivity contribution in [2.75, 3.05) is 5.32 Å². The Hall–Kier alpha value is -2.73. The highest BCUT2D eigenvalue weighted by molar-refractivity contribution is 7.18. The molecule has 0 saturated carbocycles. The topological polar surface area (TPSA) is 63.8 Å². The Morgan fingerprint density at radius 3 is 2.70 bits per heavy atom. The van der Waals surface area contributed by atoms with Gasteiger partial charge in [-0.25, -0.2) is 9.97 Å². The van der Waals surface area contributed by atoms with Crippen LogP contribution in [0.15, 0.2) is 47.2 Å². The number of thiophene rings is 1. The molecule has 1 N–H and O–H groups in total. The van der Waals surface area contributed by atoms with Gasteiger partial charge in [-0.05, 0) is 24.5 Å². The van der Waals surface area contributed by atoms with E-state index in [1.54, 1.807) is 17.7 Å². The Kier molecular flexibility index (Phi) is 5.16. The number of hydrogen-bond donors (Lipinski definition) is 1. The lowest BCUT2D eigenvalue weighted by atomic mass is 10.1. The highest BCUT2D eigenvalue weighted by Crippen LogP contribution is 2.29. The molecule has 0 spiro atoms. The van der Waals surface area contributed by atoms with Crippen LogP contribution in [0, 0.1) is 0 Å². The van der Waals surface area contributed by atoms with E-state index in [1.807, 2.05) is 6.07 Å². The van der Waals surface area contributed by atoms with Gasteiger partial charge in [-0.15, -0.1) is 11.3 Å². The summed E-state index contributed by atoms with van der Waals surface area (Å²) in [6.45, 7) is 4.87. The first kappa shape index (κ1) is 17.7. The molecule has 0 aliphatic heterocycles. The summed E-state index contributed by atoms with van der Waals surface area (Å²) in [5.41, 5.74) is 3.27. The first-order valence-electron chi connectivity index (χ1n) is 9.29. The minimum absolute atomic E-state index is 0.532. The molecule has 5 nitrogen and oxygen atoms in total. The maximum absolute atomic E-state index is 5.50. The molecule has 0 bridgehead atoms. The number of fused-ring (bicyclic) bond motifs is 1. The molecule has 0 aliphatic carbocycles. The summed E-state index contributed by atoms with van der Waals surface area (Å²) in [6.07, 6.45) is 4.86. The molecule has 0 fully saturated rings. The normalized spacial score (nSPS) is 11.2. The van der Waals surface area contributed by atoms with Crippen molar-refractivity contribution in [2.45, 2.75) is 39.7 Å². The van der Waals surface area contributed by atoms with Gasteiger partial charge < -0.3 is 9.84 Å². The number of anilines is 1. The maximum atomic E-state index is 5.50. The van der Waals surface area contributed by atoms with Crippen molar-refractivity contribution in [3.05, 3.63) is 58.9 Å². The monoisotopic (exact) mass is 378 g/mol. The largest absolute Gasteiger partial charge is 0.362 e. The fourth-order valence-corrected chi connectivity index (χ4v) is 3.99. The van der Waals surface area contributed by atoms with Gasteiger partial charge in [0.15, 0.2) is 5.76 Å². The average molecular weight is 379 g/mol. The molecule has 138 valence electrons. The lowest BCUT2D eigenvalue weighted by Gasteiger charge is -2.03. The van der Waals surface area contributed by atoms with Gasteiger partial charge in [0.25, 0.3) is 0 Å². The number of nitrogens with zero attached hydrogens (tertiary/aromatic N) is 3. The van der Waals surface area contributed by atoms with Gasteiger partial charge in [-0.1, -0.05) is 49.7 Å². The van der Waals surface area contributed by atoms with E-state index in [-0.39, 0.29) is 0 Å². The molecule has 4 rings (SSSR count). The van der Waals surface area contributed by atoms with E-state index in [1.165, 1.54) is 10.4 Å². The molecule has 0 atom stereocenters. The smallest absolute Gasteiger partial charge is 0.156 e. The molecule has 0 aliphatic rings. The molecule has 0 radical (unpaired) electrons. The van der Waals surface area contributed by atoms with Gasteiger partial charge in [-0.2, -0.15) is 0 Å². The van der Waals surface area contributed by atoms with Crippen LogP contribution in [0.2, 0.25) is 0 Å². The predicted molar refractivity (Wildman–Crippen MR) is 110 cm³/mol. The zero-order chi connectivity index (χ0) is 18.6. The number of aromatic nitrogens is 3. The van der Waals surface area contributed by atoms with Crippen LogP contribution in [0.5, 0.6) is 0 Å². The van der Waals surface area contributed by atoms with Gasteiger partial charge in [0.05, 0.1) is 11.9 Å². The molecular formula is C21H22N4OS. The van der Waals surface area contributed by atoms with Crippen LogP contribution in [-0.4, -0.2) is 15.1 Å². The van der Waals surface area contributed by atoms with E-state index in [0.717, 1.165) is 52.3 Å². The third kappa shape index (κ3) is 3.85. The maximum Gasteiger partial charge on any atom is 0.156 e. The highest BCUT2D eigenvalue weighted by atomic mass is 32.1. The van der Waals surface area contributed by atoms with Crippen LogP contribution in [0.25, 0.3) is 21.5 Å². The lowest BCUT2D eigenvalue weighted by molar-refractivity contribution is 0.390. The molecule has 6 heteroatoms. The van der Waals surface area contributed by atoms with Crippen LogP contribution >= 0.6 is 11.3 Å². The molecular weight excluding hydrogens is 356 g/mol. The van der Waals surface area contributed by atoms with E-state index in [4.69, 9.17) is 4.52 Å². The quantitative estimate of drug-likeness (QED) is 0.462. The predicted octanol–water partition coefficient (Wildman–Crippen LogP) is 5.47. The standard InChI is InChI=1S/C21H22N4OS/c1-3-5-14-6-8-15(9-7-14)19-10-16(26-25-19)12-22-20-18-11-17(4-2)27-21(18)24-13-23-20/h6-11,13H,3-5,12H2,1-2H3,(H,22,23,24). The van der Waals surface area contributed by atoms with Gasteiger partial charge in [0.1, 0.15) is 22.7 Å². The minimum atomic E-state index is 0.532. The molecule has 0 amide bonds. The summed E-state index contributed by atoms with van der Waals surface area (Å²) in [4.78, 5) is 11.1. The number of benzene rings is 1. The Labute approximate surface area is 162 Å². The van der Waals surface area contributed by atoms with Crippen molar-refractivity contribution in [3.63, 3.8) is 0 Å². The molecule has 0 unspecified atom stereocenters. The lowest BCUT2D eigenvalue weighted by Crippen LogP contribution is -2.00. The summed E-state index contributed by atoms with van der Waals surface area (Å²) >= 11 is 1.71. The van der Waals surface area contributed by atoms with E-state index < -0.39 is 0 Å². The number of aryl methyl sites for hydroxylation is 2. The van der Waals surface area contributed by atoms with E-state index in [2.05, 4.69) is 64.6 Å². The zero-order valence-electron chi connectivity index (χ0n) is 15.5. The van der Waals surface area contributed by atoms with Crippen LogP contribution in [0.1, 0.15) is 36.5 Å². The fourth-order valence-electron chi connectivity index (χ4n) is 3.05. The summed E-state index contributed by atoms with van der Waals surface area (Å²) in [7, 11) is 0. The van der Waals surface area contributed by atoms with E-state index >= 15 is 0 Å². The van der Waals surface area contributed by atoms with Crippen molar-refractivity contribution in [3.8, 4) is 11.3 Å². The molecule has 27 heavy (non-hydrogen) atoms. The van der Waals surface area contributed by atoms with Gasteiger partial charge in [-0.3, -0.25) is 0 Å². The minimum Gasteiger partial charge on any atom is -0.362 e. The van der Waals surface area contributed by atoms with E-state index in [0.29, 0.717) is 6.54 Å². The summed E-state index contributed by atoms with van der Waals surface area (Å²) in [6, 6.07) is 12.7. The number of rotatable bonds is 7. The van der Waals surface area contributed by atoms with Gasteiger partial charge in [0, 0.05) is 16.5 Å². The number of hydrogen-bond acceptors (Lipinski definition) is 6. The molecule has 3 aromatic heterocycles. The van der Waals surface area contributed by atoms with E-state index in [9.17, 15) is 0 Å².